The molecule has 1 aliphatic rings. The minimum Gasteiger partial charge on any atom is -0.378 e. The number of carbonyl (C=O) groups is 2. The molecule has 1 heterocycles. The molecule has 1 fully saturated rings. The zero-order valence-electron chi connectivity index (χ0n) is 12.3. The fourth-order valence-electron chi connectivity index (χ4n) is 2.29. The average molecular weight is 308 g/mol. The van der Waals surface area contributed by atoms with Crippen LogP contribution in [0.5, 0.6) is 0 Å². The van der Waals surface area contributed by atoms with Gasteiger partial charge in [-0.05, 0) is 18.4 Å². The lowest BCUT2D eigenvalue weighted by atomic mass is 10.1. The Bertz CT molecular complexity index is 504. The molecule has 1 aliphatic heterocycles. The number of amides is 1. The molecule has 0 bridgehead atoms. The van der Waals surface area contributed by atoms with Gasteiger partial charge < -0.3 is 10.1 Å². The van der Waals surface area contributed by atoms with Crippen LogP contribution in [0.4, 0.5) is 0 Å². The van der Waals surface area contributed by atoms with Crippen LogP contribution in [0.15, 0.2) is 29.2 Å². The van der Waals surface area contributed by atoms with E-state index in [1.54, 1.807) is 18.8 Å². The summed E-state index contributed by atoms with van der Waals surface area (Å²) in [5.74, 6) is -0.0845. The Balaban J connectivity index is 2.03. The number of hydrogen-bond acceptors (Lipinski definition) is 5. The SMILES string of the molecule is CNC(=O)C1COCCN1CC(=O)c1ccc(SC)cc1. The van der Waals surface area contributed by atoms with Gasteiger partial charge in [-0.1, -0.05) is 12.1 Å². The Morgan fingerprint density at radius 1 is 1.38 bits per heavy atom. The summed E-state index contributed by atoms with van der Waals surface area (Å²) >= 11 is 1.64. The summed E-state index contributed by atoms with van der Waals surface area (Å²) in [6, 6.07) is 7.16. The summed E-state index contributed by atoms with van der Waals surface area (Å²) < 4.78 is 5.34. The fourth-order valence-corrected chi connectivity index (χ4v) is 2.70. The molecule has 6 heteroatoms. The molecule has 114 valence electrons. The van der Waals surface area contributed by atoms with Crippen LogP contribution in [0.25, 0.3) is 0 Å². The first-order chi connectivity index (χ1) is 10.2. The topological polar surface area (TPSA) is 58.6 Å². The second kappa shape index (κ2) is 7.59. The van der Waals surface area contributed by atoms with Gasteiger partial charge >= 0.3 is 0 Å². The van der Waals surface area contributed by atoms with E-state index in [0.29, 0.717) is 25.3 Å². The van der Waals surface area contributed by atoms with Crippen molar-refractivity contribution in [2.24, 2.45) is 0 Å². The molecule has 2 rings (SSSR count). The van der Waals surface area contributed by atoms with E-state index in [-0.39, 0.29) is 18.2 Å². The molecule has 21 heavy (non-hydrogen) atoms. The highest BCUT2D eigenvalue weighted by Gasteiger charge is 2.30. The van der Waals surface area contributed by atoms with Crippen molar-refractivity contribution < 1.29 is 14.3 Å². The van der Waals surface area contributed by atoms with Gasteiger partial charge in [0, 0.05) is 24.1 Å². The maximum Gasteiger partial charge on any atom is 0.239 e. The number of likely N-dealkylation sites (N-methyl/N-ethyl adjacent to an activating group) is 1. The number of nitrogens with zero attached hydrogens (tertiary/aromatic N) is 1. The second-order valence-electron chi connectivity index (χ2n) is 4.83. The number of thioether (sulfide) groups is 1. The van der Waals surface area contributed by atoms with Crippen molar-refractivity contribution in [1.29, 1.82) is 0 Å². The first-order valence-corrected chi connectivity index (χ1v) is 8.09. The highest BCUT2D eigenvalue weighted by atomic mass is 32.2. The molecule has 1 N–H and O–H groups in total. The van der Waals surface area contributed by atoms with Crippen molar-refractivity contribution >= 4 is 23.5 Å². The first kappa shape index (κ1) is 16.0. The number of Topliss-reactive ketones (excluding diaryl/α,β-unsaturated/α-hetero) is 1. The summed E-state index contributed by atoms with van der Waals surface area (Å²) in [5.41, 5.74) is 0.676. The summed E-state index contributed by atoms with van der Waals surface area (Å²) in [4.78, 5) is 27.2. The fraction of sp³-hybridized carbons (Fsp3) is 0.467. The number of ether oxygens (including phenoxy) is 1. The van der Waals surface area contributed by atoms with Gasteiger partial charge in [0.05, 0.1) is 19.8 Å². The number of morpholine rings is 1. The number of nitrogens with one attached hydrogen (secondary N) is 1. The van der Waals surface area contributed by atoms with E-state index in [1.165, 1.54) is 0 Å². The molecule has 1 atom stereocenters. The Hall–Kier alpha value is -1.37. The quantitative estimate of drug-likeness (QED) is 0.650. The molecule has 1 unspecified atom stereocenters. The molecule has 1 aromatic rings. The smallest absolute Gasteiger partial charge is 0.239 e. The Kier molecular flexibility index (Phi) is 5.78. The minimum atomic E-state index is -0.391. The molecule has 0 aromatic heterocycles. The molecule has 0 spiro atoms. The maximum absolute atomic E-state index is 12.3. The van der Waals surface area contributed by atoms with E-state index in [9.17, 15) is 9.59 Å². The Morgan fingerprint density at radius 2 is 2.10 bits per heavy atom. The zero-order chi connectivity index (χ0) is 15.2. The van der Waals surface area contributed by atoms with Crippen LogP contribution in [0.1, 0.15) is 10.4 Å². The van der Waals surface area contributed by atoms with E-state index in [4.69, 9.17) is 4.74 Å². The third kappa shape index (κ3) is 4.06. The van der Waals surface area contributed by atoms with Crippen LogP contribution in [0, 0.1) is 0 Å². The van der Waals surface area contributed by atoms with Crippen LogP contribution in [0.2, 0.25) is 0 Å². The molecular weight excluding hydrogens is 288 g/mol. The summed E-state index contributed by atoms with van der Waals surface area (Å²) in [7, 11) is 1.60. The van der Waals surface area contributed by atoms with E-state index in [2.05, 4.69) is 5.32 Å². The van der Waals surface area contributed by atoms with Crippen LogP contribution in [-0.2, 0) is 9.53 Å². The number of benzene rings is 1. The molecule has 0 saturated carbocycles. The van der Waals surface area contributed by atoms with Crippen LogP contribution in [-0.4, -0.2) is 62.2 Å². The predicted octanol–water partition coefficient (Wildman–Crippen LogP) is 1.04. The van der Waals surface area contributed by atoms with Gasteiger partial charge in [-0.25, -0.2) is 0 Å². The number of rotatable bonds is 5. The Labute approximate surface area is 129 Å². The van der Waals surface area contributed by atoms with Crippen molar-refractivity contribution in [2.75, 3.05) is 39.6 Å². The molecule has 0 radical (unpaired) electrons. The van der Waals surface area contributed by atoms with Crippen LogP contribution in [0.3, 0.4) is 0 Å². The minimum absolute atomic E-state index is 0.0263. The van der Waals surface area contributed by atoms with Gasteiger partial charge in [0.25, 0.3) is 0 Å². The zero-order valence-corrected chi connectivity index (χ0v) is 13.1. The van der Waals surface area contributed by atoms with Crippen molar-refractivity contribution in [1.82, 2.24) is 10.2 Å². The van der Waals surface area contributed by atoms with Gasteiger partial charge in [-0.2, -0.15) is 0 Å². The van der Waals surface area contributed by atoms with Crippen molar-refractivity contribution in [3.8, 4) is 0 Å². The molecule has 0 aliphatic carbocycles. The number of ketones is 1. The van der Waals surface area contributed by atoms with Gasteiger partial charge in [-0.3, -0.25) is 14.5 Å². The summed E-state index contributed by atoms with van der Waals surface area (Å²) in [5, 5.41) is 2.62. The monoisotopic (exact) mass is 308 g/mol. The highest BCUT2D eigenvalue weighted by Crippen LogP contribution is 2.16. The van der Waals surface area contributed by atoms with E-state index in [1.807, 2.05) is 35.4 Å². The molecule has 1 aromatic carbocycles. The Morgan fingerprint density at radius 3 is 2.71 bits per heavy atom. The third-order valence-electron chi connectivity index (χ3n) is 3.55. The molecular formula is C15H20N2O3S. The van der Waals surface area contributed by atoms with Crippen LogP contribution >= 0.6 is 11.8 Å². The number of carbonyl (C=O) groups excluding carboxylic acids is 2. The average Bonchev–Trinajstić information content (AvgIpc) is 2.54. The normalized spacial score (nSPS) is 19.2. The van der Waals surface area contributed by atoms with Crippen molar-refractivity contribution in [3.05, 3.63) is 29.8 Å². The highest BCUT2D eigenvalue weighted by molar-refractivity contribution is 7.98. The second-order valence-corrected chi connectivity index (χ2v) is 5.71. The van der Waals surface area contributed by atoms with Gasteiger partial charge in [0.1, 0.15) is 6.04 Å². The first-order valence-electron chi connectivity index (χ1n) is 6.86. The lowest BCUT2D eigenvalue weighted by molar-refractivity contribution is -0.131. The summed E-state index contributed by atoms with van der Waals surface area (Å²) in [6.07, 6.45) is 2.00. The maximum atomic E-state index is 12.3. The predicted molar refractivity (Wildman–Crippen MR) is 82.8 cm³/mol. The lowest BCUT2D eigenvalue weighted by Gasteiger charge is -2.33. The van der Waals surface area contributed by atoms with E-state index < -0.39 is 6.04 Å². The standard InChI is InChI=1S/C15H20N2O3S/c1-16-15(19)13-10-20-8-7-17(13)9-14(18)11-3-5-12(21-2)6-4-11/h3-6,13H,7-10H2,1-2H3,(H,16,19). The lowest BCUT2D eigenvalue weighted by Crippen LogP contribution is -2.54. The van der Waals surface area contributed by atoms with Gasteiger partial charge in [0.15, 0.2) is 5.78 Å². The largest absolute Gasteiger partial charge is 0.378 e. The van der Waals surface area contributed by atoms with Gasteiger partial charge in [-0.15, -0.1) is 11.8 Å². The molecule has 1 saturated heterocycles. The van der Waals surface area contributed by atoms with E-state index in [0.717, 1.165) is 4.90 Å². The molecule has 5 nitrogen and oxygen atoms in total. The van der Waals surface area contributed by atoms with Crippen molar-refractivity contribution in [3.63, 3.8) is 0 Å². The van der Waals surface area contributed by atoms with Crippen LogP contribution < -0.4 is 5.32 Å². The third-order valence-corrected chi connectivity index (χ3v) is 4.29. The number of hydrogen-bond donors (Lipinski definition) is 1. The van der Waals surface area contributed by atoms with E-state index >= 15 is 0 Å². The van der Waals surface area contributed by atoms with Gasteiger partial charge in [0.2, 0.25) is 5.91 Å². The molecule has 1 amide bonds. The van der Waals surface area contributed by atoms with Crippen molar-refractivity contribution in [2.45, 2.75) is 10.9 Å². The summed E-state index contributed by atoms with van der Waals surface area (Å²) in [6.45, 7) is 1.71.